The Kier molecular flexibility index (Phi) is 7.66. The van der Waals surface area contributed by atoms with Gasteiger partial charge in [0.15, 0.2) is 11.5 Å². The first-order valence-corrected chi connectivity index (χ1v) is 16.2. The number of amides is 1. The molecule has 4 aromatic carbocycles. The van der Waals surface area contributed by atoms with Crippen molar-refractivity contribution < 1.29 is 28.5 Å². The smallest absolute Gasteiger partial charge is 0.315 e. The molecule has 1 heterocycles. The summed E-state index contributed by atoms with van der Waals surface area (Å²) >= 11 is 0. The van der Waals surface area contributed by atoms with Crippen LogP contribution in [0, 0.1) is 16.7 Å². The maximum atomic E-state index is 13.9. The van der Waals surface area contributed by atoms with Crippen LogP contribution in [-0.4, -0.2) is 38.4 Å². The van der Waals surface area contributed by atoms with Crippen molar-refractivity contribution >= 4 is 28.3 Å². The normalized spacial score (nSPS) is 23.8. The predicted octanol–water partition coefficient (Wildman–Crippen LogP) is 7.69. The van der Waals surface area contributed by atoms with Crippen LogP contribution in [0.3, 0.4) is 0 Å². The lowest BCUT2D eigenvalue weighted by Gasteiger charge is -2.40. The molecule has 2 bridgehead atoms. The minimum Gasteiger partial charge on any atom is -0.497 e. The van der Waals surface area contributed by atoms with E-state index in [0.717, 1.165) is 18.4 Å². The molecule has 2 aliphatic carbocycles. The van der Waals surface area contributed by atoms with Gasteiger partial charge in [-0.3, -0.25) is 9.59 Å². The highest BCUT2D eigenvalue weighted by Crippen LogP contribution is 2.72. The van der Waals surface area contributed by atoms with Crippen LogP contribution < -0.4 is 19.1 Å². The second-order valence-corrected chi connectivity index (χ2v) is 13.6. The van der Waals surface area contributed by atoms with E-state index in [4.69, 9.17) is 18.9 Å². The third-order valence-corrected chi connectivity index (χ3v) is 11.3. The molecule has 7 heteroatoms. The summed E-state index contributed by atoms with van der Waals surface area (Å²) in [6, 6.07) is 28.0. The molecular formula is C39H41NO6. The maximum Gasteiger partial charge on any atom is 0.315 e. The van der Waals surface area contributed by atoms with Gasteiger partial charge in [-0.15, -0.1) is 0 Å². The Balaban J connectivity index is 1.13. The molecule has 0 unspecified atom stereocenters. The molecule has 2 fully saturated rings. The molecular weight excluding hydrogens is 578 g/mol. The number of methoxy groups -OCH3 is 1. The average molecular weight is 620 g/mol. The molecule has 3 aliphatic rings. The van der Waals surface area contributed by atoms with Crippen LogP contribution in [0.2, 0.25) is 0 Å². The summed E-state index contributed by atoms with van der Waals surface area (Å²) in [6.07, 6.45) is 2.02. The number of hydrogen-bond acceptors (Lipinski definition) is 6. The zero-order valence-electron chi connectivity index (χ0n) is 27.0. The van der Waals surface area contributed by atoms with E-state index >= 15 is 0 Å². The van der Waals surface area contributed by atoms with Gasteiger partial charge in [0.05, 0.1) is 7.11 Å². The monoisotopic (exact) mass is 619 g/mol. The molecule has 0 radical (unpaired) electrons. The Morgan fingerprint density at radius 2 is 1.67 bits per heavy atom. The highest BCUT2D eigenvalue weighted by molar-refractivity contribution is 6.03. The van der Waals surface area contributed by atoms with Gasteiger partial charge < -0.3 is 23.8 Å². The summed E-state index contributed by atoms with van der Waals surface area (Å²) in [6.45, 7) is 7.59. The number of carbonyl (C=O) groups excluding carboxylic acids is 2. The summed E-state index contributed by atoms with van der Waals surface area (Å²) in [5.41, 5.74) is 2.86. The topological polar surface area (TPSA) is 74.3 Å². The molecule has 1 aliphatic heterocycles. The van der Waals surface area contributed by atoms with Crippen LogP contribution in [-0.2, 0) is 20.7 Å². The number of anilines is 1. The van der Waals surface area contributed by atoms with Gasteiger partial charge in [-0.05, 0) is 88.4 Å². The number of benzene rings is 4. The standard InChI is InChI=1S/C39H41NO6/c1-38(2)31-18-20-39(38,3)36(30-11-7-9-26-8-5-6-10-29(26)30)37(31)46-35(42)23-34(41)40(27-13-15-28(43-4)16-14-27)21-19-25-12-17-32-33(22-25)45-24-44-32/h5-17,22,31,36-37H,18-21,23-24H2,1-4H3/t31-,36-,37-,39+/m1/s1. The van der Waals surface area contributed by atoms with Crippen LogP contribution >= 0.6 is 0 Å². The SMILES string of the molecule is COc1ccc(N(CCc2ccc3c(c2)OCO3)C(=O)CC(=O)O[C@@H]2[C@H]3CC[C@@](C)([C@@H]2c2cccc4ccccc24)C3(C)C)cc1. The van der Waals surface area contributed by atoms with Crippen molar-refractivity contribution in [1.82, 2.24) is 0 Å². The molecule has 4 atom stereocenters. The fraction of sp³-hybridized carbons (Fsp3) is 0.385. The Hall–Kier alpha value is -4.52. The van der Waals surface area contributed by atoms with Crippen LogP contribution in [0.25, 0.3) is 10.8 Å². The van der Waals surface area contributed by atoms with E-state index in [1.807, 2.05) is 42.5 Å². The lowest BCUT2D eigenvalue weighted by Crippen LogP contribution is -2.38. The van der Waals surface area contributed by atoms with Crippen LogP contribution in [0.15, 0.2) is 84.9 Å². The Morgan fingerprint density at radius 3 is 2.48 bits per heavy atom. The summed E-state index contributed by atoms with van der Waals surface area (Å²) in [5, 5.41) is 2.38. The van der Waals surface area contributed by atoms with Crippen molar-refractivity contribution in [3.8, 4) is 17.2 Å². The number of esters is 1. The molecule has 2 saturated carbocycles. The number of fused-ring (bicyclic) bond motifs is 4. The van der Waals surface area contributed by atoms with E-state index in [-0.39, 0.29) is 47.9 Å². The minimum atomic E-state index is -0.478. The average Bonchev–Trinajstić information content (AvgIpc) is 3.66. The molecule has 0 saturated heterocycles. The van der Waals surface area contributed by atoms with E-state index in [1.165, 1.54) is 16.3 Å². The van der Waals surface area contributed by atoms with E-state index < -0.39 is 5.97 Å². The van der Waals surface area contributed by atoms with Gasteiger partial charge in [-0.2, -0.15) is 0 Å². The molecule has 0 aromatic heterocycles. The van der Waals surface area contributed by atoms with E-state index in [1.54, 1.807) is 12.0 Å². The van der Waals surface area contributed by atoms with Crippen molar-refractivity contribution in [1.29, 1.82) is 0 Å². The number of rotatable bonds is 9. The largest absolute Gasteiger partial charge is 0.497 e. The number of hydrogen-bond donors (Lipinski definition) is 0. The fourth-order valence-corrected chi connectivity index (χ4v) is 8.39. The van der Waals surface area contributed by atoms with Gasteiger partial charge in [0.25, 0.3) is 0 Å². The zero-order valence-corrected chi connectivity index (χ0v) is 27.0. The van der Waals surface area contributed by atoms with Crippen molar-refractivity contribution in [2.45, 2.75) is 58.5 Å². The van der Waals surface area contributed by atoms with Crippen molar-refractivity contribution in [3.63, 3.8) is 0 Å². The lowest BCUT2D eigenvalue weighted by molar-refractivity contribution is -0.155. The third-order valence-electron chi connectivity index (χ3n) is 11.3. The number of ether oxygens (including phenoxy) is 4. The first kappa shape index (κ1) is 30.2. The van der Waals surface area contributed by atoms with Gasteiger partial charge in [-0.25, -0.2) is 0 Å². The summed E-state index contributed by atoms with van der Waals surface area (Å²) in [4.78, 5) is 29.3. The third kappa shape index (κ3) is 5.06. The van der Waals surface area contributed by atoms with E-state index in [0.29, 0.717) is 35.9 Å². The van der Waals surface area contributed by atoms with Crippen LogP contribution in [0.5, 0.6) is 17.2 Å². The first-order chi connectivity index (χ1) is 22.2. The fourth-order valence-electron chi connectivity index (χ4n) is 8.39. The second-order valence-electron chi connectivity index (χ2n) is 13.6. The summed E-state index contributed by atoms with van der Waals surface area (Å²) in [5.74, 6) is 1.58. The Morgan fingerprint density at radius 1 is 0.913 bits per heavy atom. The highest BCUT2D eigenvalue weighted by atomic mass is 16.7. The summed E-state index contributed by atoms with van der Waals surface area (Å²) in [7, 11) is 1.61. The van der Waals surface area contributed by atoms with Gasteiger partial charge >= 0.3 is 5.97 Å². The molecule has 46 heavy (non-hydrogen) atoms. The lowest BCUT2D eigenvalue weighted by atomic mass is 9.64. The number of carbonyl (C=O) groups is 2. The van der Waals surface area contributed by atoms with Gasteiger partial charge in [0, 0.05) is 24.1 Å². The minimum absolute atomic E-state index is 0.0245. The summed E-state index contributed by atoms with van der Waals surface area (Å²) < 4.78 is 22.8. The van der Waals surface area contributed by atoms with Crippen molar-refractivity contribution in [2.24, 2.45) is 16.7 Å². The highest BCUT2D eigenvalue weighted by Gasteiger charge is 2.67. The van der Waals surface area contributed by atoms with Crippen molar-refractivity contribution in [2.75, 3.05) is 25.3 Å². The Labute approximate surface area is 270 Å². The van der Waals surface area contributed by atoms with E-state index in [9.17, 15) is 9.59 Å². The van der Waals surface area contributed by atoms with Crippen LogP contribution in [0.1, 0.15) is 57.1 Å². The van der Waals surface area contributed by atoms with E-state index in [2.05, 4.69) is 63.2 Å². The maximum absolute atomic E-state index is 13.9. The molecule has 7 nitrogen and oxygen atoms in total. The predicted molar refractivity (Wildman–Crippen MR) is 177 cm³/mol. The first-order valence-electron chi connectivity index (χ1n) is 16.2. The van der Waals surface area contributed by atoms with Gasteiger partial charge in [-0.1, -0.05) is 69.3 Å². The molecule has 4 aromatic rings. The quantitative estimate of drug-likeness (QED) is 0.141. The van der Waals surface area contributed by atoms with Crippen molar-refractivity contribution in [3.05, 3.63) is 96.1 Å². The molecule has 0 spiro atoms. The van der Waals surface area contributed by atoms with Crippen LogP contribution in [0.4, 0.5) is 5.69 Å². The molecule has 7 rings (SSSR count). The van der Waals surface area contributed by atoms with Gasteiger partial charge in [0.2, 0.25) is 12.7 Å². The second kappa shape index (κ2) is 11.7. The Bertz CT molecular complexity index is 1780. The molecule has 238 valence electrons. The zero-order chi connectivity index (χ0) is 32.1. The molecule has 1 amide bonds. The number of nitrogens with zero attached hydrogens (tertiary/aromatic N) is 1. The van der Waals surface area contributed by atoms with Gasteiger partial charge in [0.1, 0.15) is 18.3 Å². The molecule has 0 N–H and O–H groups in total.